The van der Waals surface area contributed by atoms with Crippen LogP contribution in [0.15, 0.2) is 69.4 Å². The molecule has 1 N–H and O–H groups in total. The van der Waals surface area contributed by atoms with Crippen LogP contribution in [0.1, 0.15) is 44.0 Å². The molecule has 47 heavy (non-hydrogen) atoms. The van der Waals surface area contributed by atoms with E-state index in [0.29, 0.717) is 0 Å². The Morgan fingerprint density at radius 3 is 1.89 bits per heavy atom. The van der Waals surface area contributed by atoms with Gasteiger partial charge < -0.3 is 14.1 Å². The molecule has 0 spiro atoms. The molecular weight excluding hydrogens is 665 g/mol. The molecule has 254 valence electrons. The van der Waals surface area contributed by atoms with Gasteiger partial charge in [0.2, 0.25) is 0 Å². The summed E-state index contributed by atoms with van der Waals surface area (Å²) in [5, 5.41) is -0.205. The number of ether oxygens (including phenoxy) is 1. The lowest BCUT2D eigenvalue weighted by molar-refractivity contribution is -0.0445. The molecule has 0 saturated carbocycles. The van der Waals surface area contributed by atoms with Crippen LogP contribution in [0.25, 0.3) is 11.2 Å². The normalized spacial score (nSPS) is 21.0. The number of fused-ring (bicyclic) bond motifs is 1. The van der Waals surface area contributed by atoms with E-state index in [9.17, 15) is 21.6 Å². The fourth-order valence-corrected chi connectivity index (χ4v) is 8.03. The van der Waals surface area contributed by atoms with Crippen molar-refractivity contribution in [2.24, 2.45) is 0 Å². The van der Waals surface area contributed by atoms with Gasteiger partial charge in [0.15, 0.2) is 31.8 Å². The predicted molar refractivity (Wildman–Crippen MR) is 176 cm³/mol. The molecule has 0 amide bonds. The first-order valence-corrected chi connectivity index (χ1v) is 20.7. The zero-order chi connectivity index (χ0) is 34.5. The number of nitrogens with zero attached hydrogens (tertiary/aromatic N) is 3. The van der Waals surface area contributed by atoms with E-state index in [1.54, 1.807) is 31.2 Å². The van der Waals surface area contributed by atoms with Crippen LogP contribution in [0, 0.1) is 20.8 Å². The van der Waals surface area contributed by atoms with Gasteiger partial charge in [-0.05, 0) is 63.2 Å². The summed E-state index contributed by atoms with van der Waals surface area (Å²) in [6.07, 6.45) is -4.31. The van der Waals surface area contributed by atoms with Crippen LogP contribution in [0.5, 0.6) is 0 Å². The standard InChI is InChI=1S/C31H40N4O9S2Si/c1-19-9-13-22(14-10-19)45(37,38)43-26-24(17-41-47(7,8)31(4,5)6)42-30(35-18-32-25-28(35)33-21(3)34-29(25)36)27(26)44-46(39,40)23-15-11-20(2)12-16-23/h9-16,18,24,26-27,30H,17H2,1-8H3,(H,33,34,36)/t24-,26+,27?,30-/m1/s1. The van der Waals surface area contributed by atoms with E-state index in [2.05, 4.69) is 35.7 Å². The summed E-state index contributed by atoms with van der Waals surface area (Å²) in [7, 11) is -11.4. The number of benzene rings is 2. The minimum Gasteiger partial charge on any atom is -0.414 e. The van der Waals surface area contributed by atoms with Crippen molar-refractivity contribution >= 4 is 39.7 Å². The summed E-state index contributed by atoms with van der Waals surface area (Å²) in [6.45, 7) is 15.3. The van der Waals surface area contributed by atoms with Crippen molar-refractivity contribution in [3.05, 3.63) is 82.2 Å². The predicted octanol–water partition coefficient (Wildman–Crippen LogP) is 4.51. The molecule has 1 saturated heterocycles. The second-order valence-corrected chi connectivity index (χ2v) is 21.2. The van der Waals surface area contributed by atoms with Crippen LogP contribution in [-0.4, -0.2) is 69.6 Å². The molecule has 1 unspecified atom stereocenters. The van der Waals surface area contributed by atoms with Gasteiger partial charge in [-0.2, -0.15) is 16.8 Å². The minimum absolute atomic E-state index is 0.0231. The maximum Gasteiger partial charge on any atom is 0.297 e. The van der Waals surface area contributed by atoms with Crippen molar-refractivity contribution in [1.82, 2.24) is 19.5 Å². The first kappa shape index (κ1) is 35.1. The Morgan fingerprint density at radius 2 is 1.38 bits per heavy atom. The topological polar surface area (TPSA) is 169 Å². The monoisotopic (exact) mass is 704 g/mol. The largest absolute Gasteiger partial charge is 0.414 e. The summed E-state index contributed by atoms with van der Waals surface area (Å²) >= 11 is 0. The SMILES string of the molecule is Cc1ccc(S(=O)(=O)OC2[C@@H](OS(=O)(=O)c3ccc(C)cc3)[C@@H](CO[Si](C)(C)C(C)(C)C)O[C@H]2n2cnc3c(=O)[nH]c(C)nc32)cc1. The lowest BCUT2D eigenvalue weighted by atomic mass is 10.1. The highest BCUT2D eigenvalue weighted by Crippen LogP contribution is 2.41. The summed E-state index contributed by atoms with van der Waals surface area (Å²) in [5.74, 6) is 0.277. The van der Waals surface area contributed by atoms with E-state index in [-0.39, 0.29) is 38.4 Å². The number of aromatic amines is 1. The molecular formula is C31H40N4O9S2Si. The van der Waals surface area contributed by atoms with Gasteiger partial charge in [0, 0.05) is 0 Å². The molecule has 3 heterocycles. The number of hydrogen-bond acceptors (Lipinski definition) is 11. The number of hydrogen-bond donors (Lipinski definition) is 1. The Bertz CT molecular complexity index is 2040. The molecule has 4 aromatic rings. The Kier molecular flexibility index (Phi) is 9.44. The molecule has 0 bridgehead atoms. The molecule has 2 aromatic carbocycles. The van der Waals surface area contributed by atoms with E-state index >= 15 is 0 Å². The van der Waals surface area contributed by atoms with Crippen molar-refractivity contribution in [3.8, 4) is 0 Å². The molecule has 13 nitrogen and oxygen atoms in total. The number of H-pyrrole nitrogens is 1. The molecule has 1 aliphatic rings. The van der Waals surface area contributed by atoms with Crippen LogP contribution < -0.4 is 5.56 Å². The van der Waals surface area contributed by atoms with Gasteiger partial charge in [0.1, 0.15) is 18.0 Å². The first-order valence-electron chi connectivity index (χ1n) is 15.0. The second kappa shape index (κ2) is 12.6. The van der Waals surface area contributed by atoms with Gasteiger partial charge >= 0.3 is 0 Å². The summed E-state index contributed by atoms with van der Waals surface area (Å²) in [4.78, 5) is 23.6. The molecule has 16 heteroatoms. The molecule has 1 fully saturated rings. The summed E-state index contributed by atoms with van der Waals surface area (Å²) in [6, 6.07) is 12.1. The average molecular weight is 705 g/mol. The second-order valence-electron chi connectivity index (χ2n) is 13.3. The third-order valence-electron chi connectivity index (χ3n) is 8.62. The zero-order valence-corrected chi connectivity index (χ0v) is 30.2. The van der Waals surface area contributed by atoms with Crippen molar-refractivity contribution in [1.29, 1.82) is 0 Å². The van der Waals surface area contributed by atoms with E-state index in [4.69, 9.17) is 17.5 Å². The van der Waals surface area contributed by atoms with Gasteiger partial charge in [-0.15, -0.1) is 0 Å². The highest BCUT2D eigenvalue weighted by atomic mass is 32.2. The number of aromatic nitrogens is 4. The Morgan fingerprint density at radius 1 is 0.872 bits per heavy atom. The molecule has 2 aromatic heterocycles. The van der Waals surface area contributed by atoms with E-state index in [1.165, 1.54) is 35.2 Å². The van der Waals surface area contributed by atoms with Gasteiger partial charge in [-0.1, -0.05) is 56.2 Å². The van der Waals surface area contributed by atoms with E-state index in [1.807, 2.05) is 26.9 Å². The molecule has 0 aliphatic carbocycles. The van der Waals surface area contributed by atoms with E-state index in [0.717, 1.165) is 11.1 Å². The number of rotatable bonds is 10. The Balaban J connectivity index is 1.65. The van der Waals surface area contributed by atoms with Crippen molar-refractivity contribution in [2.75, 3.05) is 6.61 Å². The number of aryl methyl sites for hydroxylation is 3. The molecule has 4 atom stereocenters. The van der Waals surface area contributed by atoms with Crippen LogP contribution in [0.4, 0.5) is 0 Å². The average Bonchev–Trinajstić information content (AvgIpc) is 3.52. The maximum absolute atomic E-state index is 13.8. The summed E-state index contributed by atoms with van der Waals surface area (Å²) in [5.41, 5.74) is 1.22. The van der Waals surface area contributed by atoms with Crippen molar-refractivity contribution < 1.29 is 34.4 Å². The summed E-state index contributed by atoms with van der Waals surface area (Å²) < 4.78 is 80.9. The van der Waals surface area contributed by atoms with Crippen LogP contribution in [0.2, 0.25) is 18.1 Å². The minimum atomic E-state index is -4.51. The highest BCUT2D eigenvalue weighted by molar-refractivity contribution is 7.87. The fourth-order valence-electron chi connectivity index (χ4n) is 4.83. The maximum atomic E-state index is 13.8. The van der Waals surface area contributed by atoms with Crippen molar-refractivity contribution in [2.45, 2.75) is 94.0 Å². The van der Waals surface area contributed by atoms with Gasteiger partial charge in [-0.3, -0.25) is 17.7 Å². The highest BCUT2D eigenvalue weighted by Gasteiger charge is 2.53. The molecule has 5 rings (SSSR count). The van der Waals surface area contributed by atoms with Crippen molar-refractivity contribution in [3.63, 3.8) is 0 Å². The first-order chi connectivity index (χ1) is 21.8. The Hall–Kier alpha value is -3.25. The third kappa shape index (κ3) is 7.28. The zero-order valence-electron chi connectivity index (χ0n) is 27.5. The fraction of sp³-hybridized carbons (Fsp3) is 0.452. The molecule has 1 aliphatic heterocycles. The lowest BCUT2D eigenvalue weighted by Gasteiger charge is -2.37. The Labute approximate surface area is 275 Å². The smallest absolute Gasteiger partial charge is 0.297 e. The van der Waals surface area contributed by atoms with Gasteiger partial charge in [0.05, 0.1) is 22.7 Å². The quantitative estimate of drug-likeness (QED) is 0.182. The van der Waals surface area contributed by atoms with Gasteiger partial charge in [0.25, 0.3) is 25.8 Å². The van der Waals surface area contributed by atoms with Gasteiger partial charge in [-0.25, -0.2) is 9.97 Å². The van der Waals surface area contributed by atoms with Crippen LogP contribution in [0.3, 0.4) is 0 Å². The lowest BCUT2D eigenvalue weighted by Crippen LogP contribution is -2.46. The van der Waals surface area contributed by atoms with Crippen LogP contribution >= 0.6 is 0 Å². The molecule has 0 radical (unpaired) electrons. The number of nitrogens with one attached hydrogen (secondary N) is 1. The number of imidazole rings is 1. The van der Waals surface area contributed by atoms with E-state index < -0.39 is 58.7 Å². The van der Waals surface area contributed by atoms with Crippen LogP contribution in [-0.2, 0) is 37.8 Å². The third-order valence-corrected chi connectivity index (χ3v) is 15.8.